The van der Waals surface area contributed by atoms with Crippen molar-refractivity contribution in [2.45, 2.75) is 51.5 Å². The summed E-state index contributed by atoms with van der Waals surface area (Å²) in [6, 6.07) is 6.47. The normalized spacial score (nSPS) is 13.8. The highest BCUT2D eigenvalue weighted by molar-refractivity contribution is 7.89. The van der Waals surface area contributed by atoms with Gasteiger partial charge in [0, 0.05) is 18.1 Å². The predicted octanol–water partition coefficient (Wildman–Crippen LogP) is 3.32. The van der Waals surface area contributed by atoms with Gasteiger partial charge < -0.3 is 9.47 Å². The molecule has 0 aliphatic heterocycles. The number of esters is 1. The maximum atomic E-state index is 13.2. The lowest BCUT2D eigenvalue weighted by Crippen LogP contribution is -2.25. The summed E-state index contributed by atoms with van der Waals surface area (Å²) in [5.41, 5.74) is 1.03. The number of allylic oxidation sites excluding steroid dienone is 1. The molecule has 1 aliphatic carbocycles. The van der Waals surface area contributed by atoms with E-state index >= 15 is 0 Å². The van der Waals surface area contributed by atoms with Crippen LogP contribution in [0.4, 0.5) is 0 Å². The van der Waals surface area contributed by atoms with E-state index in [0.29, 0.717) is 30.0 Å². The Balaban J connectivity index is 2.12. The monoisotopic (exact) mass is 404 g/mol. The van der Waals surface area contributed by atoms with E-state index in [1.807, 2.05) is 13.8 Å². The third kappa shape index (κ3) is 3.82. The molecule has 3 rings (SSSR count). The third-order valence-electron chi connectivity index (χ3n) is 4.11. The second-order valence-electron chi connectivity index (χ2n) is 7.60. The van der Waals surface area contributed by atoms with Crippen LogP contribution >= 0.6 is 0 Å². The van der Waals surface area contributed by atoms with Crippen molar-refractivity contribution in [2.75, 3.05) is 6.61 Å². The van der Waals surface area contributed by atoms with Crippen molar-refractivity contribution < 1.29 is 22.7 Å². The molecule has 0 radical (unpaired) electrons. The minimum absolute atomic E-state index is 0.00781. The number of carbonyl (C=O) groups excluding carboxylic acids is 1. The summed E-state index contributed by atoms with van der Waals surface area (Å²) in [6.07, 6.45) is 1.91. The molecule has 0 amide bonds. The molecule has 0 bridgehead atoms. The molecule has 0 saturated carbocycles. The van der Waals surface area contributed by atoms with E-state index in [1.54, 1.807) is 39.0 Å². The van der Waals surface area contributed by atoms with Crippen LogP contribution in [0, 0.1) is 6.92 Å². The fraction of sp³-hybridized carbons (Fsp3) is 0.400. The zero-order valence-electron chi connectivity index (χ0n) is 16.6. The van der Waals surface area contributed by atoms with Crippen LogP contribution < -0.4 is 0 Å². The van der Waals surface area contributed by atoms with E-state index < -0.39 is 21.6 Å². The lowest BCUT2D eigenvalue weighted by atomic mass is 10.1. The summed E-state index contributed by atoms with van der Waals surface area (Å²) in [7, 11) is -3.98. The van der Waals surface area contributed by atoms with Gasteiger partial charge >= 0.3 is 5.97 Å². The van der Waals surface area contributed by atoms with Crippen LogP contribution in [0.15, 0.2) is 34.9 Å². The van der Waals surface area contributed by atoms with Crippen LogP contribution in [-0.2, 0) is 25.9 Å². The summed E-state index contributed by atoms with van der Waals surface area (Å²) >= 11 is 0. The van der Waals surface area contributed by atoms with Gasteiger partial charge in [-0.05, 0) is 46.8 Å². The first-order valence-electron chi connectivity index (χ1n) is 9.04. The maximum absolute atomic E-state index is 13.2. The van der Waals surface area contributed by atoms with E-state index in [4.69, 9.17) is 9.47 Å². The molecule has 150 valence electrons. The number of rotatable bonds is 5. The lowest BCUT2D eigenvalue weighted by Gasteiger charge is -2.18. The minimum Gasteiger partial charge on any atom is -0.498 e. The van der Waals surface area contributed by atoms with Gasteiger partial charge in [-0.25, -0.2) is 4.79 Å². The van der Waals surface area contributed by atoms with Gasteiger partial charge in [0.25, 0.3) is 10.0 Å². The van der Waals surface area contributed by atoms with Crippen LogP contribution in [0.2, 0.25) is 0 Å². The van der Waals surface area contributed by atoms with Crippen molar-refractivity contribution in [3.8, 4) is 0 Å². The summed E-state index contributed by atoms with van der Waals surface area (Å²) in [5.74, 6) is -0.0691. The van der Waals surface area contributed by atoms with E-state index in [-0.39, 0.29) is 10.6 Å². The molecule has 0 atom stereocenters. The highest BCUT2D eigenvalue weighted by Gasteiger charge is 2.34. The van der Waals surface area contributed by atoms with Gasteiger partial charge in [-0.1, -0.05) is 17.7 Å². The molecule has 0 saturated heterocycles. The van der Waals surface area contributed by atoms with Crippen LogP contribution in [0.3, 0.4) is 0 Å². The number of ether oxygens (including phenoxy) is 2. The van der Waals surface area contributed by atoms with Crippen molar-refractivity contribution in [2.24, 2.45) is 0 Å². The van der Waals surface area contributed by atoms with Gasteiger partial charge in [0.1, 0.15) is 11.4 Å². The fourth-order valence-electron chi connectivity index (χ4n) is 2.90. The van der Waals surface area contributed by atoms with Crippen molar-refractivity contribution in [3.63, 3.8) is 0 Å². The largest absolute Gasteiger partial charge is 0.498 e. The van der Waals surface area contributed by atoms with E-state index in [0.717, 1.165) is 9.65 Å². The van der Waals surface area contributed by atoms with Gasteiger partial charge in [0.2, 0.25) is 0 Å². The van der Waals surface area contributed by atoms with Crippen LogP contribution in [0.25, 0.3) is 6.08 Å². The number of aryl methyl sites for hydroxylation is 1. The Morgan fingerprint density at radius 3 is 2.43 bits per heavy atom. The number of hydrogen-bond donors (Lipinski definition) is 0. The second kappa shape index (κ2) is 7.09. The zero-order valence-corrected chi connectivity index (χ0v) is 17.5. The first-order chi connectivity index (χ1) is 13.0. The third-order valence-corrected chi connectivity index (χ3v) is 5.71. The average Bonchev–Trinajstić information content (AvgIpc) is 3.12. The van der Waals surface area contributed by atoms with E-state index in [2.05, 4.69) is 5.10 Å². The maximum Gasteiger partial charge on any atom is 0.359 e. The number of carbonyl (C=O) groups is 1. The molecule has 1 aliphatic rings. The van der Waals surface area contributed by atoms with E-state index in [1.165, 1.54) is 12.1 Å². The van der Waals surface area contributed by atoms with Crippen molar-refractivity contribution >= 4 is 22.1 Å². The van der Waals surface area contributed by atoms with Crippen LogP contribution in [0.1, 0.15) is 55.0 Å². The van der Waals surface area contributed by atoms with Gasteiger partial charge in [0.15, 0.2) is 5.69 Å². The Kier molecular flexibility index (Phi) is 5.10. The molecule has 8 heteroatoms. The van der Waals surface area contributed by atoms with Gasteiger partial charge in [-0.2, -0.15) is 12.5 Å². The smallest absolute Gasteiger partial charge is 0.359 e. The molecule has 2 aromatic rings. The van der Waals surface area contributed by atoms with Crippen molar-refractivity contribution in [3.05, 3.63) is 52.5 Å². The SMILES string of the molecule is CCOC1=Cc2c(c(C(=O)OC(C)(C)C)nn2S(=O)(=O)c2ccc(C)cc2)C1. The Morgan fingerprint density at radius 2 is 1.86 bits per heavy atom. The molecule has 0 unspecified atom stereocenters. The minimum atomic E-state index is -3.98. The first-order valence-corrected chi connectivity index (χ1v) is 10.5. The molecule has 0 N–H and O–H groups in total. The molecule has 0 spiro atoms. The number of benzene rings is 1. The highest BCUT2D eigenvalue weighted by atomic mass is 32.2. The molecule has 1 heterocycles. The Labute approximate surface area is 165 Å². The Bertz CT molecular complexity index is 1040. The van der Waals surface area contributed by atoms with E-state index in [9.17, 15) is 13.2 Å². The van der Waals surface area contributed by atoms with Gasteiger partial charge in [0.05, 0.1) is 17.2 Å². The molecule has 1 aromatic carbocycles. The number of aromatic nitrogens is 2. The summed E-state index contributed by atoms with van der Waals surface area (Å²) in [4.78, 5) is 12.7. The average molecular weight is 404 g/mol. The van der Waals surface area contributed by atoms with Crippen LogP contribution in [-0.4, -0.2) is 35.8 Å². The standard InChI is InChI=1S/C20H24N2O5S/c1-6-26-14-11-16-17(12-14)22(21-18(16)19(23)27-20(3,4)5)28(24,25)15-9-7-13(2)8-10-15/h7-10,12H,6,11H2,1-5H3. The quantitative estimate of drug-likeness (QED) is 0.711. The molecular formula is C20H24N2O5S. The van der Waals surface area contributed by atoms with Crippen LogP contribution in [0.5, 0.6) is 0 Å². The summed E-state index contributed by atoms with van der Waals surface area (Å²) < 4.78 is 38.2. The topological polar surface area (TPSA) is 87.5 Å². The molecule has 0 fully saturated rings. The number of hydrogen-bond acceptors (Lipinski definition) is 6. The number of nitrogens with zero attached hydrogens (tertiary/aromatic N) is 2. The highest BCUT2D eigenvalue weighted by Crippen LogP contribution is 2.32. The Hall–Kier alpha value is -2.61. The lowest BCUT2D eigenvalue weighted by molar-refractivity contribution is 0.00615. The zero-order chi connectivity index (χ0) is 20.7. The fourth-order valence-corrected chi connectivity index (χ4v) is 4.19. The molecular weight excluding hydrogens is 380 g/mol. The molecule has 1 aromatic heterocycles. The molecule has 7 nitrogen and oxygen atoms in total. The predicted molar refractivity (Wildman–Crippen MR) is 104 cm³/mol. The summed E-state index contributed by atoms with van der Waals surface area (Å²) in [6.45, 7) is 9.39. The van der Waals surface area contributed by atoms with Gasteiger partial charge in [-0.15, -0.1) is 5.10 Å². The second-order valence-corrected chi connectivity index (χ2v) is 9.36. The molecule has 28 heavy (non-hydrogen) atoms. The Morgan fingerprint density at radius 1 is 1.21 bits per heavy atom. The van der Waals surface area contributed by atoms with Crippen molar-refractivity contribution in [1.29, 1.82) is 0 Å². The number of fused-ring (bicyclic) bond motifs is 1. The summed E-state index contributed by atoms with van der Waals surface area (Å²) in [5, 5.41) is 4.13. The first kappa shape index (κ1) is 20.1. The van der Waals surface area contributed by atoms with Crippen molar-refractivity contribution in [1.82, 2.24) is 9.19 Å². The van der Waals surface area contributed by atoms with Gasteiger partial charge in [-0.3, -0.25) is 0 Å².